The fourth-order valence-electron chi connectivity index (χ4n) is 2.66. The Hall–Kier alpha value is -3.45. The lowest BCUT2D eigenvalue weighted by atomic mass is 10.2. The number of carbonyl (C=O) groups is 1. The maximum atomic E-state index is 13.5. The molecule has 0 aliphatic rings. The summed E-state index contributed by atoms with van der Waals surface area (Å²) < 4.78 is 27.4. The lowest BCUT2D eigenvalue weighted by Crippen LogP contribution is -2.25. The van der Waals surface area contributed by atoms with E-state index in [0.717, 1.165) is 27.5 Å². The minimum atomic E-state index is -0.465. The third-order valence-corrected chi connectivity index (χ3v) is 5.20. The van der Waals surface area contributed by atoms with E-state index >= 15 is 0 Å². The Morgan fingerprint density at radius 1 is 1.00 bits per heavy atom. The second kappa shape index (κ2) is 7.89. The van der Waals surface area contributed by atoms with Crippen molar-refractivity contribution in [2.75, 3.05) is 5.01 Å². The van der Waals surface area contributed by atoms with Crippen molar-refractivity contribution in [2.45, 2.75) is 6.92 Å². The zero-order valence-corrected chi connectivity index (χ0v) is 16.2. The molecule has 0 unspecified atom stereocenters. The lowest BCUT2D eigenvalue weighted by molar-refractivity contribution is 0.0988. The van der Waals surface area contributed by atoms with Crippen molar-refractivity contribution in [3.63, 3.8) is 0 Å². The molecule has 1 heterocycles. The number of nitrogens with zero attached hydrogens (tertiary/aromatic N) is 3. The predicted octanol–water partition coefficient (Wildman–Crippen LogP) is 5.56. The van der Waals surface area contributed by atoms with Crippen molar-refractivity contribution < 1.29 is 13.6 Å². The largest absolute Gasteiger partial charge is 0.280 e. The van der Waals surface area contributed by atoms with E-state index in [1.54, 1.807) is 12.3 Å². The molecule has 1 amide bonds. The first-order chi connectivity index (χ1) is 14.0. The van der Waals surface area contributed by atoms with Gasteiger partial charge in [-0.1, -0.05) is 41.2 Å². The topological polar surface area (TPSA) is 45.6 Å². The van der Waals surface area contributed by atoms with Gasteiger partial charge >= 0.3 is 0 Å². The molecule has 0 radical (unpaired) electrons. The molecule has 4 aromatic rings. The summed E-state index contributed by atoms with van der Waals surface area (Å²) in [5, 5.41) is 5.77. The summed E-state index contributed by atoms with van der Waals surface area (Å²) in [6, 6.07) is 17.1. The highest BCUT2D eigenvalue weighted by Gasteiger charge is 2.21. The number of thiazole rings is 1. The van der Waals surface area contributed by atoms with Crippen molar-refractivity contribution in [1.82, 2.24) is 4.98 Å². The first-order valence-electron chi connectivity index (χ1n) is 8.76. The molecule has 0 fully saturated rings. The fraction of sp³-hybridized carbons (Fsp3) is 0.0455. The van der Waals surface area contributed by atoms with Crippen molar-refractivity contribution in [3.05, 3.63) is 95.1 Å². The number of carbonyl (C=O) groups excluding carboxylic acids is 1. The van der Waals surface area contributed by atoms with Crippen molar-refractivity contribution >= 4 is 38.8 Å². The highest BCUT2D eigenvalue weighted by atomic mass is 32.1. The zero-order chi connectivity index (χ0) is 20.4. The summed E-state index contributed by atoms with van der Waals surface area (Å²) in [6.45, 7) is 1.98. The second-order valence-electron chi connectivity index (χ2n) is 6.39. The van der Waals surface area contributed by atoms with E-state index in [1.165, 1.54) is 36.4 Å². The van der Waals surface area contributed by atoms with Gasteiger partial charge in [0.25, 0.3) is 5.91 Å². The molecule has 0 atom stereocenters. The van der Waals surface area contributed by atoms with Gasteiger partial charge in [-0.3, -0.25) is 4.79 Å². The lowest BCUT2D eigenvalue weighted by Gasteiger charge is -2.13. The number of fused-ring (bicyclic) bond motifs is 1. The van der Waals surface area contributed by atoms with Crippen LogP contribution in [0.5, 0.6) is 0 Å². The van der Waals surface area contributed by atoms with Crippen LogP contribution >= 0.6 is 11.3 Å². The van der Waals surface area contributed by atoms with Crippen LogP contribution in [0.2, 0.25) is 0 Å². The van der Waals surface area contributed by atoms with E-state index < -0.39 is 11.7 Å². The molecule has 0 bridgehead atoms. The van der Waals surface area contributed by atoms with Gasteiger partial charge in [0, 0.05) is 5.56 Å². The van der Waals surface area contributed by atoms with Crippen LogP contribution in [0.4, 0.5) is 13.9 Å². The Bertz CT molecular complexity index is 1200. The summed E-state index contributed by atoms with van der Waals surface area (Å²) >= 11 is 1.15. The van der Waals surface area contributed by atoms with Gasteiger partial charge in [0.1, 0.15) is 11.6 Å². The number of anilines is 1. The van der Waals surface area contributed by atoms with Crippen molar-refractivity contribution in [1.29, 1.82) is 0 Å². The summed E-state index contributed by atoms with van der Waals surface area (Å²) in [7, 11) is 0. The van der Waals surface area contributed by atoms with Gasteiger partial charge in [-0.25, -0.2) is 13.8 Å². The zero-order valence-electron chi connectivity index (χ0n) is 15.3. The monoisotopic (exact) mass is 407 g/mol. The molecule has 0 saturated heterocycles. The summed E-state index contributed by atoms with van der Waals surface area (Å²) in [5.74, 6) is -1.29. The molecule has 4 nitrogen and oxygen atoms in total. The standard InChI is InChI=1S/C22H15F2N3OS/c1-14-2-4-15(5-3-14)13-25-27(21(28)16-6-8-17(23)9-7-16)22-26-19-11-10-18(24)12-20(19)29-22/h2-13H,1H3/b25-13+. The third-order valence-electron chi connectivity index (χ3n) is 4.20. The van der Waals surface area contributed by atoms with Crippen LogP contribution in [0.3, 0.4) is 0 Å². The fourth-order valence-corrected chi connectivity index (χ4v) is 3.60. The highest BCUT2D eigenvalue weighted by Crippen LogP contribution is 2.30. The van der Waals surface area contributed by atoms with Crippen LogP contribution in [0, 0.1) is 18.6 Å². The smallest absolute Gasteiger partial charge is 0.267 e. The van der Waals surface area contributed by atoms with Crippen LogP contribution < -0.4 is 5.01 Å². The van der Waals surface area contributed by atoms with E-state index in [1.807, 2.05) is 31.2 Å². The van der Waals surface area contributed by atoms with Crippen molar-refractivity contribution in [3.8, 4) is 0 Å². The average molecular weight is 407 g/mol. The summed E-state index contributed by atoms with van der Waals surface area (Å²) in [4.78, 5) is 17.5. The first-order valence-corrected chi connectivity index (χ1v) is 9.58. The Morgan fingerprint density at radius 2 is 1.69 bits per heavy atom. The molecule has 0 spiro atoms. The number of hydrogen-bond donors (Lipinski definition) is 0. The molecule has 29 heavy (non-hydrogen) atoms. The molecular formula is C22H15F2N3OS. The first kappa shape index (κ1) is 18.9. The van der Waals surface area contributed by atoms with Gasteiger partial charge < -0.3 is 0 Å². The number of hydrazone groups is 1. The molecule has 0 aliphatic carbocycles. The number of aromatic nitrogens is 1. The average Bonchev–Trinajstić information content (AvgIpc) is 3.12. The Balaban J connectivity index is 1.75. The molecule has 0 N–H and O–H groups in total. The van der Waals surface area contributed by atoms with Gasteiger partial charge in [-0.15, -0.1) is 0 Å². The van der Waals surface area contributed by atoms with Crippen LogP contribution in [-0.2, 0) is 0 Å². The molecule has 1 aromatic heterocycles. The third kappa shape index (κ3) is 4.20. The number of aryl methyl sites for hydroxylation is 1. The SMILES string of the molecule is Cc1ccc(/C=N/N(C(=O)c2ccc(F)cc2)c2nc3ccc(F)cc3s2)cc1. The van der Waals surface area contributed by atoms with E-state index in [-0.39, 0.29) is 11.4 Å². The second-order valence-corrected chi connectivity index (χ2v) is 7.40. The van der Waals surface area contributed by atoms with Gasteiger partial charge in [0.2, 0.25) is 5.13 Å². The Kier molecular flexibility index (Phi) is 5.14. The Labute approximate surface area is 169 Å². The quantitative estimate of drug-likeness (QED) is 0.328. The number of amides is 1. The highest BCUT2D eigenvalue weighted by molar-refractivity contribution is 7.22. The molecule has 0 saturated carbocycles. The van der Waals surface area contributed by atoms with Crippen LogP contribution in [0.1, 0.15) is 21.5 Å². The van der Waals surface area contributed by atoms with Gasteiger partial charge in [-0.2, -0.15) is 10.1 Å². The number of hydrogen-bond acceptors (Lipinski definition) is 4. The molecule has 4 rings (SSSR count). The van der Waals surface area contributed by atoms with Gasteiger partial charge in [0.05, 0.1) is 16.4 Å². The minimum Gasteiger partial charge on any atom is -0.267 e. The number of rotatable bonds is 4. The number of benzene rings is 3. The molecule has 0 aliphatic heterocycles. The summed E-state index contributed by atoms with van der Waals surface area (Å²) in [6.07, 6.45) is 1.55. The molecule has 3 aromatic carbocycles. The molecule has 144 valence electrons. The van der Waals surface area contributed by atoms with Gasteiger partial charge in [-0.05, 0) is 55.0 Å². The van der Waals surface area contributed by atoms with E-state index in [2.05, 4.69) is 10.1 Å². The minimum absolute atomic E-state index is 0.262. The molecular weight excluding hydrogens is 392 g/mol. The van der Waals surface area contributed by atoms with Crippen LogP contribution in [0.25, 0.3) is 10.2 Å². The van der Waals surface area contributed by atoms with Gasteiger partial charge in [0.15, 0.2) is 0 Å². The maximum Gasteiger partial charge on any atom is 0.280 e. The summed E-state index contributed by atoms with van der Waals surface area (Å²) in [5.41, 5.74) is 2.74. The maximum absolute atomic E-state index is 13.5. The normalized spacial score (nSPS) is 11.3. The molecule has 7 heteroatoms. The van der Waals surface area contributed by atoms with Crippen molar-refractivity contribution in [2.24, 2.45) is 5.10 Å². The Morgan fingerprint density at radius 3 is 2.41 bits per heavy atom. The van der Waals surface area contributed by atoms with Crippen LogP contribution in [0.15, 0.2) is 71.8 Å². The van der Waals surface area contributed by atoms with Crippen LogP contribution in [-0.4, -0.2) is 17.1 Å². The predicted molar refractivity (Wildman–Crippen MR) is 112 cm³/mol. The van der Waals surface area contributed by atoms with E-state index in [0.29, 0.717) is 15.3 Å². The number of halogens is 2. The van der Waals surface area contributed by atoms with E-state index in [4.69, 9.17) is 0 Å². The van der Waals surface area contributed by atoms with E-state index in [9.17, 15) is 13.6 Å².